The number of nitrogens with zero attached hydrogens (tertiary/aromatic N) is 2. The molecule has 22 heavy (non-hydrogen) atoms. The fourth-order valence-corrected chi connectivity index (χ4v) is 3.72. The van der Waals surface area contributed by atoms with Crippen LogP contribution in [0.25, 0.3) is 0 Å². The lowest BCUT2D eigenvalue weighted by Crippen LogP contribution is -2.37. The predicted molar refractivity (Wildman–Crippen MR) is 97.7 cm³/mol. The highest BCUT2D eigenvalue weighted by atomic mass is 35.5. The molecule has 1 aromatic heterocycles. The maximum Gasteiger partial charge on any atom is 0.146 e. The number of aromatic nitrogens is 2. The summed E-state index contributed by atoms with van der Waals surface area (Å²) in [4.78, 5) is 8.80. The molecule has 0 fully saturated rings. The van der Waals surface area contributed by atoms with Crippen molar-refractivity contribution in [2.24, 2.45) is 0 Å². The van der Waals surface area contributed by atoms with E-state index in [9.17, 15) is 0 Å². The van der Waals surface area contributed by atoms with Gasteiger partial charge in [0.2, 0.25) is 0 Å². The minimum absolute atomic E-state index is 0.387. The van der Waals surface area contributed by atoms with E-state index < -0.39 is 8.07 Å². The van der Waals surface area contributed by atoms with Crippen molar-refractivity contribution >= 4 is 30.7 Å². The van der Waals surface area contributed by atoms with Crippen molar-refractivity contribution in [1.82, 2.24) is 9.97 Å². The van der Waals surface area contributed by atoms with Gasteiger partial charge in [-0.15, -0.1) is 0 Å². The summed E-state index contributed by atoms with van der Waals surface area (Å²) in [5.74, 6) is 1.16. The zero-order chi connectivity index (χ0) is 16.3. The lowest BCUT2D eigenvalue weighted by atomic mass is 10.1. The minimum atomic E-state index is -1.23. The van der Waals surface area contributed by atoms with Crippen molar-refractivity contribution in [3.8, 4) is 0 Å². The normalized spacial score (nSPS) is 11.7. The number of anilines is 1. The second kappa shape index (κ2) is 6.80. The van der Waals surface area contributed by atoms with Crippen LogP contribution in [0.2, 0.25) is 24.7 Å². The summed E-state index contributed by atoms with van der Waals surface area (Å²) >= 11 is 6.10. The Labute approximate surface area is 139 Å². The summed E-state index contributed by atoms with van der Waals surface area (Å²) in [6.45, 7) is 9.10. The van der Waals surface area contributed by atoms with Gasteiger partial charge in [-0.1, -0.05) is 67.6 Å². The zero-order valence-corrected chi connectivity index (χ0v) is 15.5. The van der Waals surface area contributed by atoms with Crippen LogP contribution in [0, 0.1) is 0 Å². The second-order valence-electron chi connectivity index (χ2n) is 6.59. The van der Waals surface area contributed by atoms with Gasteiger partial charge in [-0.2, -0.15) is 0 Å². The molecule has 0 aliphatic rings. The van der Waals surface area contributed by atoms with Crippen LogP contribution in [0.3, 0.4) is 0 Å². The lowest BCUT2D eigenvalue weighted by molar-refractivity contribution is 0.836. The summed E-state index contributed by atoms with van der Waals surface area (Å²) in [7, 11) is -1.23. The first-order valence-electron chi connectivity index (χ1n) is 7.71. The molecular weight excluding hydrogens is 310 g/mol. The zero-order valence-electron chi connectivity index (χ0n) is 13.8. The first-order chi connectivity index (χ1) is 10.3. The van der Waals surface area contributed by atoms with Crippen molar-refractivity contribution in [3.05, 3.63) is 46.4 Å². The van der Waals surface area contributed by atoms with E-state index in [1.165, 1.54) is 10.8 Å². The first-order valence-corrected chi connectivity index (χ1v) is 11.6. The third-order valence-corrected chi connectivity index (χ3v) is 6.26. The van der Waals surface area contributed by atoms with E-state index in [0.717, 1.165) is 30.8 Å². The van der Waals surface area contributed by atoms with E-state index in [1.54, 1.807) is 0 Å². The summed E-state index contributed by atoms with van der Waals surface area (Å²) in [6, 6.07) is 8.95. The molecule has 2 rings (SSSR count). The molecule has 3 nitrogen and oxygen atoms in total. The Morgan fingerprint density at radius 1 is 1.05 bits per heavy atom. The molecule has 0 bridgehead atoms. The standard InChI is InChI=1S/C17H24ClN3Si/c1-5-14-16(18)17(19)21-15(20-14)11-8-12-6-9-13(10-7-12)22(2,3)4/h6-7,9-10H,5,8,11H2,1-4H3,(H2,19,20,21). The molecule has 0 unspecified atom stereocenters. The number of nitrogen functional groups attached to an aromatic ring is 1. The van der Waals surface area contributed by atoms with E-state index >= 15 is 0 Å². The van der Waals surface area contributed by atoms with Gasteiger partial charge in [-0.25, -0.2) is 9.97 Å². The van der Waals surface area contributed by atoms with E-state index in [-0.39, 0.29) is 0 Å². The molecule has 2 aromatic rings. The Balaban J connectivity index is 2.09. The van der Waals surface area contributed by atoms with Crippen LogP contribution in [-0.4, -0.2) is 18.0 Å². The highest BCUT2D eigenvalue weighted by Gasteiger charge is 2.15. The van der Waals surface area contributed by atoms with Crippen LogP contribution in [0.1, 0.15) is 24.0 Å². The molecule has 1 heterocycles. The molecule has 0 saturated carbocycles. The third-order valence-electron chi connectivity index (χ3n) is 3.78. The summed E-state index contributed by atoms with van der Waals surface area (Å²) < 4.78 is 0. The topological polar surface area (TPSA) is 51.8 Å². The molecule has 0 amide bonds. The monoisotopic (exact) mass is 333 g/mol. The number of hydrogen-bond acceptors (Lipinski definition) is 3. The fraction of sp³-hybridized carbons (Fsp3) is 0.412. The van der Waals surface area contributed by atoms with Gasteiger partial charge in [0.1, 0.15) is 16.7 Å². The third kappa shape index (κ3) is 4.08. The molecule has 0 saturated heterocycles. The molecule has 0 aliphatic heterocycles. The van der Waals surface area contributed by atoms with Crippen molar-refractivity contribution < 1.29 is 0 Å². The number of halogens is 1. The van der Waals surface area contributed by atoms with E-state index in [0.29, 0.717) is 10.8 Å². The number of benzene rings is 1. The van der Waals surface area contributed by atoms with E-state index in [2.05, 4.69) is 53.9 Å². The molecule has 0 spiro atoms. The maximum atomic E-state index is 6.10. The van der Waals surface area contributed by atoms with Crippen LogP contribution in [0.4, 0.5) is 5.82 Å². The second-order valence-corrected chi connectivity index (χ2v) is 12.0. The van der Waals surface area contributed by atoms with Gasteiger partial charge in [0.25, 0.3) is 0 Å². The van der Waals surface area contributed by atoms with Crippen molar-refractivity contribution in [1.29, 1.82) is 0 Å². The molecule has 1 aromatic carbocycles. The number of aryl methyl sites for hydroxylation is 3. The van der Waals surface area contributed by atoms with Gasteiger partial charge in [-0.3, -0.25) is 0 Å². The fourth-order valence-electron chi connectivity index (χ4n) is 2.34. The molecule has 118 valence electrons. The van der Waals surface area contributed by atoms with Crippen LogP contribution >= 0.6 is 11.6 Å². The van der Waals surface area contributed by atoms with Crippen LogP contribution in [0.15, 0.2) is 24.3 Å². The number of nitrogens with two attached hydrogens (primary N) is 1. The average molecular weight is 334 g/mol. The van der Waals surface area contributed by atoms with E-state index in [1.807, 2.05) is 6.92 Å². The summed E-state index contributed by atoms with van der Waals surface area (Å²) in [5, 5.41) is 1.97. The van der Waals surface area contributed by atoms with Gasteiger partial charge in [0, 0.05) is 6.42 Å². The highest BCUT2D eigenvalue weighted by molar-refractivity contribution is 6.88. The smallest absolute Gasteiger partial charge is 0.146 e. The highest BCUT2D eigenvalue weighted by Crippen LogP contribution is 2.21. The van der Waals surface area contributed by atoms with Crippen molar-refractivity contribution in [2.45, 2.75) is 45.8 Å². The van der Waals surface area contributed by atoms with Gasteiger partial charge in [0.15, 0.2) is 0 Å². The number of rotatable bonds is 5. The Kier molecular flexibility index (Phi) is 5.24. The molecule has 0 atom stereocenters. The summed E-state index contributed by atoms with van der Waals surface area (Å²) in [5.41, 5.74) is 7.99. The summed E-state index contributed by atoms with van der Waals surface area (Å²) in [6.07, 6.45) is 2.46. The number of hydrogen-bond donors (Lipinski definition) is 1. The molecular formula is C17H24ClN3Si. The minimum Gasteiger partial charge on any atom is -0.382 e. The molecule has 5 heteroatoms. The van der Waals surface area contributed by atoms with Gasteiger partial charge in [-0.05, 0) is 18.4 Å². The lowest BCUT2D eigenvalue weighted by Gasteiger charge is -2.16. The predicted octanol–water partition coefficient (Wildman–Crippen LogP) is 3.61. The Hall–Kier alpha value is -1.39. The Morgan fingerprint density at radius 3 is 2.23 bits per heavy atom. The molecule has 2 N–H and O–H groups in total. The van der Waals surface area contributed by atoms with Crippen LogP contribution in [-0.2, 0) is 19.3 Å². The molecule has 0 radical (unpaired) electrons. The molecule has 0 aliphatic carbocycles. The maximum absolute atomic E-state index is 6.10. The quantitative estimate of drug-likeness (QED) is 0.850. The van der Waals surface area contributed by atoms with Gasteiger partial charge >= 0.3 is 0 Å². The van der Waals surface area contributed by atoms with Crippen LogP contribution < -0.4 is 10.9 Å². The SMILES string of the molecule is CCc1nc(CCc2ccc([Si](C)(C)C)cc2)nc(N)c1Cl. The first kappa shape index (κ1) is 17.0. The average Bonchev–Trinajstić information content (AvgIpc) is 2.48. The van der Waals surface area contributed by atoms with Gasteiger partial charge < -0.3 is 5.73 Å². The van der Waals surface area contributed by atoms with Crippen molar-refractivity contribution in [2.75, 3.05) is 5.73 Å². The van der Waals surface area contributed by atoms with E-state index in [4.69, 9.17) is 17.3 Å². The van der Waals surface area contributed by atoms with Crippen molar-refractivity contribution in [3.63, 3.8) is 0 Å². The Morgan fingerprint density at radius 2 is 1.68 bits per heavy atom. The largest absolute Gasteiger partial charge is 0.382 e. The van der Waals surface area contributed by atoms with Crippen LogP contribution in [0.5, 0.6) is 0 Å². The Bertz CT molecular complexity index is 648. The van der Waals surface area contributed by atoms with Gasteiger partial charge in [0.05, 0.1) is 13.8 Å².